The lowest BCUT2D eigenvalue weighted by Gasteiger charge is -1.94. The van der Waals surface area contributed by atoms with E-state index in [0.29, 0.717) is 49.0 Å². The molecule has 1 aromatic heterocycles. The Morgan fingerprint density at radius 1 is 0.821 bits per heavy atom. The summed E-state index contributed by atoms with van der Waals surface area (Å²) >= 11 is 0. The van der Waals surface area contributed by atoms with Gasteiger partial charge in [-0.05, 0) is 36.4 Å². The molecule has 2 N–H and O–H groups in total. The number of fused-ring (bicyclic) bond motifs is 6. The highest BCUT2D eigenvalue weighted by Gasteiger charge is 2.18. The number of hydrogen-bond donors (Lipinski definition) is 1. The van der Waals surface area contributed by atoms with Crippen LogP contribution in [0.5, 0.6) is 0 Å². The van der Waals surface area contributed by atoms with E-state index in [0.717, 1.165) is 0 Å². The van der Waals surface area contributed by atoms with Crippen LogP contribution in [0.15, 0.2) is 46.4 Å². The molecular formula is C20H10F2N6. The van der Waals surface area contributed by atoms with Gasteiger partial charge in [0.25, 0.3) is 0 Å². The highest BCUT2D eigenvalue weighted by molar-refractivity contribution is 6.14. The first kappa shape index (κ1) is 16.4. The van der Waals surface area contributed by atoms with Gasteiger partial charge in [-0.3, -0.25) is 4.99 Å². The Kier molecular flexibility index (Phi) is 3.41. The zero-order valence-corrected chi connectivity index (χ0v) is 14.2. The lowest BCUT2D eigenvalue weighted by atomic mass is 10.2. The van der Waals surface area contributed by atoms with Gasteiger partial charge in [-0.1, -0.05) is 0 Å². The number of nitriles is 1. The molecular weight excluding hydrogens is 362 g/mol. The van der Waals surface area contributed by atoms with Crippen LogP contribution in [0.2, 0.25) is 0 Å². The summed E-state index contributed by atoms with van der Waals surface area (Å²) in [6.45, 7) is 0.00638. The van der Waals surface area contributed by atoms with E-state index in [2.05, 4.69) is 15.0 Å². The topological polar surface area (TPSA) is 100 Å². The molecule has 0 bridgehead atoms. The first-order valence-corrected chi connectivity index (χ1v) is 8.37. The van der Waals surface area contributed by atoms with Crippen LogP contribution in [0.1, 0.15) is 0 Å². The molecule has 5 rings (SSSR count). The summed E-state index contributed by atoms with van der Waals surface area (Å²) in [5, 5.41) is 12.1. The minimum absolute atomic E-state index is 0.00638. The van der Waals surface area contributed by atoms with E-state index in [1.54, 1.807) is 18.3 Å². The van der Waals surface area contributed by atoms with Gasteiger partial charge < -0.3 is 5.73 Å². The molecule has 8 heteroatoms. The number of hydrogen-bond acceptors (Lipinski definition) is 6. The molecule has 0 atom stereocenters. The van der Waals surface area contributed by atoms with E-state index < -0.39 is 11.6 Å². The van der Waals surface area contributed by atoms with Gasteiger partial charge in [0.2, 0.25) is 6.19 Å². The van der Waals surface area contributed by atoms with Crippen LogP contribution in [0, 0.1) is 23.1 Å². The number of benzene rings is 2. The molecule has 4 aromatic carbocycles. The minimum atomic E-state index is -0.448. The van der Waals surface area contributed by atoms with Crippen molar-refractivity contribution in [2.75, 3.05) is 6.67 Å². The minimum Gasteiger partial charge on any atom is -0.312 e. The lowest BCUT2D eigenvalue weighted by molar-refractivity contribution is 0.629. The molecule has 1 heterocycles. The predicted molar refractivity (Wildman–Crippen MR) is 100 cm³/mol. The summed E-state index contributed by atoms with van der Waals surface area (Å²) in [7, 11) is 0. The van der Waals surface area contributed by atoms with E-state index in [1.807, 2.05) is 0 Å². The largest absolute Gasteiger partial charge is 0.312 e. The van der Waals surface area contributed by atoms with Gasteiger partial charge in [0, 0.05) is 21.5 Å². The Morgan fingerprint density at radius 3 is 1.89 bits per heavy atom. The molecule has 28 heavy (non-hydrogen) atoms. The first-order valence-electron chi connectivity index (χ1n) is 8.37. The van der Waals surface area contributed by atoms with Gasteiger partial charge in [-0.2, -0.15) is 10.3 Å². The van der Waals surface area contributed by atoms with Crippen molar-refractivity contribution in [1.29, 1.82) is 5.26 Å². The van der Waals surface area contributed by atoms with Gasteiger partial charge in [0.1, 0.15) is 28.0 Å². The normalized spacial score (nSPS) is 13.4. The third-order valence-electron chi connectivity index (χ3n) is 4.74. The molecule has 0 fully saturated rings. The Bertz CT molecular complexity index is 1590. The van der Waals surface area contributed by atoms with Crippen LogP contribution in [-0.2, 0) is 0 Å². The number of nitrogens with zero attached hydrogens (tertiary/aromatic N) is 5. The molecule has 0 saturated heterocycles. The lowest BCUT2D eigenvalue weighted by Crippen LogP contribution is -2.07. The molecule has 5 aromatic rings. The molecule has 0 radical (unpaired) electrons. The monoisotopic (exact) mass is 372 g/mol. The zero-order chi connectivity index (χ0) is 19.4. The zero-order valence-electron chi connectivity index (χ0n) is 14.2. The molecule has 0 saturated carbocycles. The van der Waals surface area contributed by atoms with Crippen LogP contribution in [0.25, 0.3) is 43.6 Å². The van der Waals surface area contributed by atoms with Crippen molar-refractivity contribution >= 4 is 43.6 Å². The van der Waals surface area contributed by atoms with Crippen LogP contribution < -0.4 is 16.4 Å². The maximum absolute atomic E-state index is 13.8. The van der Waals surface area contributed by atoms with Crippen LogP contribution in [0.3, 0.4) is 0 Å². The summed E-state index contributed by atoms with van der Waals surface area (Å²) in [4.78, 5) is 17.5. The smallest absolute Gasteiger partial charge is 0.206 e. The van der Waals surface area contributed by atoms with Gasteiger partial charge in [0.05, 0.1) is 23.1 Å². The molecule has 0 spiro atoms. The maximum atomic E-state index is 13.8. The molecule has 0 aliphatic carbocycles. The predicted octanol–water partition coefficient (Wildman–Crippen LogP) is 2.44. The number of nitrogens with two attached hydrogens (primary N) is 1. The van der Waals surface area contributed by atoms with Crippen LogP contribution in [-0.4, -0.2) is 16.6 Å². The molecule has 6 nitrogen and oxygen atoms in total. The first-order chi connectivity index (χ1) is 13.6. The van der Waals surface area contributed by atoms with Crippen molar-refractivity contribution in [2.24, 2.45) is 15.7 Å². The van der Waals surface area contributed by atoms with E-state index >= 15 is 0 Å². The molecule has 0 aliphatic heterocycles. The van der Waals surface area contributed by atoms with Crippen LogP contribution >= 0.6 is 0 Å². The average Bonchev–Trinajstić information content (AvgIpc) is 3.13. The van der Waals surface area contributed by atoms with E-state index in [9.17, 15) is 8.78 Å². The van der Waals surface area contributed by atoms with Gasteiger partial charge in [-0.25, -0.2) is 18.7 Å². The summed E-state index contributed by atoms with van der Waals surface area (Å²) in [6, 6.07) is 8.49. The van der Waals surface area contributed by atoms with Crippen molar-refractivity contribution in [1.82, 2.24) is 9.97 Å². The number of rotatable bonds is 1. The highest BCUT2D eigenvalue weighted by atomic mass is 19.1. The van der Waals surface area contributed by atoms with Crippen molar-refractivity contribution in [2.45, 2.75) is 0 Å². The van der Waals surface area contributed by atoms with Gasteiger partial charge in [0.15, 0.2) is 0 Å². The quantitative estimate of drug-likeness (QED) is 0.457. The highest BCUT2D eigenvalue weighted by Crippen LogP contribution is 2.28. The third kappa shape index (κ3) is 2.14. The fourth-order valence-corrected chi connectivity index (χ4v) is 3.65. The van der Waals surface area contributed by atoms with E-state index in [1.165, 1.54) is 24.3 Å². The molecule has 0 aliphatic rings. The van der Waals surface area contributed by atoms with E-state index in [4.69, 9.17) is 16.0 Å². The van der Waals surface area contributed by atoms with Crippen molar-refractivity contribution in [3.05, 3.63) is 58.7 Å². The summed E-state index contributed by atoms with van der Waals surface area (Å²) in [6.07, 6.45) is 1.74. The summed E-state index contributed by atoms with van der Waals surface area (Å²) < 4.78 is 27.6. The van der Waals surface area contributed by atoms with Crippen molar-refractivity contribution in [3.8, 4) is 6.19 Å². The van der Waals surface area contributed by atoms with Crippen LogP contribution in [0.4, 0.5) is 8.78 Å². The van der Waals surface area contributed by atoms with Crippen molar-refractivity contribution < 1.29 is 8.78 Å². The summed E-state index contributed by atoms with van der Waals surface area (Å²) in [5.41, 5.74) is 7.43. The van der Waals surface area contributed by atoms with Gasteiger partial charge in [-0.15, -0.1) is 0 Å². The Balaban J connectivity index is 2.10. The fourth-order valence-electron chi connectivity index (χ4n) is 3.65. The average molecular weight is 372 g/mol. The molecule has 134 valence electrons. The van der Waals surface area contributed by atoms with Gasteiger partial charge >= 0.3 is 0 Å². The number of aromatic nitrogens is 2. The third-order valence-corrected chi connectivity index (χ3v) is 4.74. The number of halogens is 2. The second-order valence-electron chi connectivity index (χ2n) is 6.25. The Hall–Kier alpha value is -3.83. The van der Waals surface area contributed by atoms with Crippen molar-refractivity contribution in [3.63, 3.8) is 0 Å². The second kappa shape index (κ2) is 5.84. The second-order valence-corrected chi connectivity index (χ2v) is 6.25. The standard InChI is InChI=1S/C20H10F2N6/c21-9-1-3-11-13(5-9)15(25-7-23)19-17(11)27-20-16(26-8-24)14-6-10(22)2-4-12(14)18(20)28-19/h1-6H,7,23H2. The fraction of sp³-hybridized carbons (Fsp3) is 0.0500. The van der Waals surface area contributed by atoms with E-state index in [-0.39, 0.29) is 12.0 Å². The Labute approximate surface area is 155 Å². The summed E-state index contributed by atoms with van der Waals surface area (Å²) in [5.74, 6) is -0.854. The molecule has 0 unspecified atom stereocenters. The SMILES string of the molecule is N#CN=c1c2cc(F)ccc2c2nc3c(=NCN)c4cc(F)ccc4c3nc12. The Morgan fingerprint density at radius 2 is 1.36 bits per heavy atom. The maximum Gasteiger partial charge on any atom is 0.206 e. The molecule has 0 amide bonds.